The van der Waals surface area contributed by atoms with Crippen molar-refractivity contribution in [3.05, 3.63) is 36.5 Å². The van der Waals surface area contributed by atoms with E-state index in [4.69, 9.17) is 0 Å². The van der Waals surface area contributed by atoms with E-state index < -0.39 is 18.2 Å². The second-order valence-corrected chi connectivity index (χ2v) is 16.4. The van der Waals surface area contributed by atoms with Gasteiger partial charge in [0.15, 0.2) is 0 Å². The molecule has 0 spiro atoms. The summed E-state index contributed by atoms with van der Waals surface area (Å²) in [6.07, 6.45) is 55.8. The van der Waals surface area contributed by atoms with Crippen molar-refractivity contribution in [2.75, 3.05) is 6.61 Å². The number of carbonyl (C=O) groups excluding carboxylic acids is 1. The zero-order chi connectivity index (χ0) is 39.4. The van der Waals surface area contributed by atoms with Crippen LogP contribution >= 0.6 is 0 Å². The second kappa shape index (κ2) is 44.3. The van der Waals surface area contributed by atoms with Gasteiger partial charge in [-0.15, -0.1) is 0 Å². The van der Waals surface area contributed by atoms with Gasteiger partial charge in [0.25, 0.3) is 0 Å². The van der Waals surface area contributed by atoms with Gasteiger partial charge in [0.05, 0.1) is 31.3 Å². The molecule has 0 saturated heterocycles. The van der Waals surface area contributed by atoms with Gasteiger partial charge in [-0.3, -0.25) is 4.79 Å². The fourth-order valence-electron chi connectivity index (χ4n) is 7.23. The molecule has 0 bridgehead atoms. The largest absolute Gasteiger partial charge is 0.394 e. The zero-order valence-electron chi connectivity index (χ0n) is 36.1. The number of nitrogens with one attached hydrogen (secondary N) is 1. The molecule has 1 amide bonds. The molecule has 4 N–H and O–H groups in total. The number of unbranched alkanes of at least 4 members (excludes halogenated alkanes) is 30. The first-order chi connectivity index (χ1) is 26.5. The van der Waals surface area contributed by atoms with Crippen LogP contribution in [0.15, 0.2) is 36.5 Å². The summed E-state index contributed by atoms with van der Waals surface area (Å²) >= 11 is 0. The van der Waals surface area contributed by atoms with Crippen molar-refractivity contribution >= 4 is 5.91 Å². The predicted molar refractivity (Wildman–Crippen MR) is 236 cm³/mol. The van der Waals surface area contributed by atoms with E-state index in [1.165, 1.54) is 186 Å². The van der Waals surface area contributed by atoms with E-state index in [0.717, 1.165) is 32.1 Å². The van der Waals surface area contributed by atoms with Gasteiger partial charge in [-0.2, -0.15) is 0 Å². The van der Waals surface area contributed by atoms with Gasteiger partial charge >= 0.3 is 0 Å². The van der Waals surface area contributed by atoms with Crippen LogP contribution in [0.3, 0.4) is 0 Å². The fraction of sp³-hybridized carbons (Fsp3) is 0.857. The minimum absolute atomic E-state index is 0.00357. The molecule has 3 unspecified atom stereocenters. The number of aliphatic hydroxyl groups is 3. The standard InChI is InChI=1S/C49H93NO4/c1-3-5-7-9-11-13-15-17-19-21-22-23-24-25-26-27-28-30-32-34-36-38-40-42-46(52)44-49(54)50-47(45-51)48(53)43-41-39-37-35-33-31-29-20-18-16-14-12-10-8-6-4-2/h25-26,33,35,41,43,46-48,51-53H,3-24,27-32,34,36-40,42,44-45H2,1-2H3,(H,50,54)/b26-25-,35-33+,43-41+. The summed E-state index contributed by atoms with van der Waals surface area (Å²) in [5.41, 5.74) is 0. The van der Waals surface area contributed by atoms with Crippen LogP contribution in [0.2, 0.25) is 0 Å². The fourth-order valence-corrected chi connectivity index (χ4v) is 7.23. The molecule has 3 atom stereocenters. The Bertz CT molecular complexity index is 840. The molecule has 0 aromatic carbocycles. The molecule has 54 heavy (non-hydrogen) atoms. The lowest BCUT2D eigenvalue weighted by atomic mass is 10.0. The average Bonchev–Trinajstić information content (AvgIpc) is 3.16. The maximum atomic E-state index is 12.4. The molecule has 0 saturated carbocycles. The van der Waals surface area contributed by atoms with Crippen molar-refractivity contribution in [1.82, 2.24) is 5.32 Å². The number of aliphatic hydroxyl groups excluding tert-OH is 3. The van der Waals surface area contributed by atoms with Crippen LogP contribution in [0.25, 0.3) is 0 Å². The first kappa shape index (κ1) is 52.6. The van der Waals surface area contributed by atoms with E-state index in [1.807, 2.05) is 6.08 Å². The number of hydrogen-bond acceptors (Lipinski definition) is 4. The Morgan fingerprint density at radius 2 is 0.796 bits per heavy atom. The molecular weight excluding hydrogens is 667 g/mol. The predicted octanol–water partition coefficient (Wildman–Crippen LogP) is 13.9. The van der Waals surface area contributed by atoms with E-state index >= 15 is 0 Å². The summed E-state index contributed by atoms with van der Waals surface area (Å²) in [6, 6.07) is -0.762. The van der Waals surface area contributed by atoms with E-state index in [1.54, 1.807) is 6.08 Å². The minimum Gasteiger partial charge on any atom is -0.394 e. The highest BCUT2D eigenvalue weighted by Crippen LogP contribution is 2.15. The molecule has 0 heterocycles. The summed E-state index contributed by atoms with van der Waals surface area (Å²) in [6.45, 7) is 4.21. The maximum Gasteiger partial charge on any atom is 0.222 e. The van der Waals surface area contributed by atoms with Crippen LogP contribution in [-0.4, -0.2) is 46.1 Å². The molecular formula is C49H93NO4. The molecule has 5 heteroatoms. The van der Waals surface area contributed by atoms with E-state index in [9.17, 15) is 20.1 Å². The van der Waals surface area contributed by atoms with E-state index in [2.05, 4.69) is 43.5 Å². The van der Waals surface area contributed by atoms with Gasteiger partial charge in [-0.1, -0.05) is 217 Å². The highest BCUT2D eigenvalue weighted by Gasteiger charge is 2.20. The number of allylic oxidation sites excluding steroid dienone is 5. The lowest BCUT2D eigenvalue weighted by molar-refractivity contribution is -0.124. The van der Waals surface area contributed by atoms with Gasteiger partial charge < -0.3 is 20.6 Å². The third-order valence-electron chi connectivity index (χ3n) is 10.9. The van der Waals surface area contributed by atoms with Gasteiger partial charge in [0, 0.05) is 0 Å². The number of amides is 1. The molecule has 0 aliphatic rings. The summed E-state index contributed by atoms with van der Waals surface area (Å²) in [5.74, 6) is -0.327. The minimum atomic E-state index is -0.952. The van der Waals surface area contributed by atoms with Crippen LogP contribution in [0.4, 0.5) is 0 Å². The van der Waals surface area contributed by atoms with Gasteiger partial charge in [0.1, 0.15) is 0 Å². The normalized spacial score (nSPS) is 13.8. The van der Waals surface area contributed by atoms with E-state index in [0.29, 0.717) is 6.42 Å². The highest BCUT2D eigenvalue weighted by atomic mass is 16.3. The molecule has 0 rings (SSSR count). The average molecular weight is 760 g/mol. The first-order valence-corrected chi connectivity index (χ1v) is 23.8. The summed E-state index contributed by atoms with van der Waals surface area (Å²) in [7, 11) is 0. The monoisotopic (exact) mass is 760 g/mol. The van der Waals surface area contributed by atoms with E-state index in [-0.39, 0.29) is 18.9 Å². The lowest BCUT2D eigenvalue weighted by Crippen LogP contribution is -2.45. The van der Waals surface area contributed by atoms with Crippen molar-refractivity contribution in [2.24, 2.45) is 0 Å². The molecule has 0 radical (unpaired) electrons. The van der Waals surface area contributed by atoms with Crippen molar-refractivity contribution in [3.8, 4) is 0 Å². The lowest BCUT2D eigenvalue weighted by Gasteiger charge is -2.21. The molecule has 318 valence electrons. The van der Waals surface area contributed by atoms with Crippen molar-refractivity contribution in [2.45, 2.75) is 263 Å². The van der Waals surface area contributed by atoms with Crippen LogP contribution in [-0.2, 0) is 4.79 Å². The van der Waals surface area contributed by atoms with Crippen molar-refractivity contribution in [3.63, 3.8) is 0 Å². The molecule has 0 fully saturated rings. The molecule has 0 aliphatic carbocycles. The third-order valence-corrected chi connectivity index (χ3v) is 10.9. The van der Waals surface area contributed by atoms with Crippen molar-refractivity contribution in [1.29, 1.82) is 0 Å². The Morgan fingerprint density at radius 3 is 1.19 bits per heavy atom. The highest BCUT2D eigenvalue weighted by molar-refractivity contribution is 5.76. The summed E-state index contributed by atoms with van der Waals surface area (Å²) in [5, 5.41) is 33.2. The number of rotatable bonds is 43. The number of hydrogen-bond donors (Lipinski definition) is 4. The number of carbonyl (C=O) groups is 1. The first-order valence-electron chi connectivity index (χ1n) is 23.8. The Hall–Kier alpha value is -1.43. The summed E-state index contributed by atoms with van der Waals surface area (Å²) in [4.78, 5) is 12.4. The quantitative estimate of drug-likeness (QED) is 0.0368. The van der Waals surface area contributed by atoms with Crippen LogP contribution in [0.1, 0.15) is 245 Å². The van der Waals surface area contributed by atoms with Crippen LogP contribution < -0.4 is 5.32 Å². The van der Waals surface area contributed by atoms with Crippen LogP contribution in [0, 0.1) is 0 Å². The third kappa shape index (κ3) is 40.2. The second-order valence-electron chi connectivity index (χ2n) is 16.4. The Labute approximate surface area is 336 Å². The van der Waals surface area contributed by atoms with Crippen LogP contribution in [0.5, 0.6) is 0 Å². The molecule has 0 aromatic heterocycles. The molecule has 5 nitrogen and oxygen atoms in total. The zero-order valence-corrected chi connectivity index (χ0v) is 36.1. The summed E-state index contributed by atoms with van der Waals surface area (Å²) < 4.78 is 0. The van der Waals surface area contributed by atoms with Crippen molar-refractivity contribution < 1.29 is 20.1 Å². The molecule has 0 aromatic rings. The topological polar surface area (TPSA) is 89.8 Å². The van der Waals surface area contributed by atoms with Gasteiger partial charge in [0.2, 0.25) is 5.91 Å². The van der Waals surface area contributed by atoms with Gasteiger partial charge in [-0.05, 0) is 57.8 Å². The SMILES string of the molecule is CCCCCCCCCCCC/C=C/CC/C=C/C(O)C(CO)NC(=O)CC(O)CCCCCCCCC/C=C\CCCCCCCCCCCCCC. The maximum absolute atomic E-state index is 12.4. The Kier molecular flexibility index (Phi) is 43.1. The molecule has 0 aliphatic heterocycles. The smallest absolute Gasteiger partial charge is 0.222 e. The Balaban J connectivity index is 3.66. The van der Waals surface area contributed by atoms with Gasteiger partial charge in [-0.25, -0.2) is 0 Å². The Morgan fingerprint density at radius 1 is 0.463 bits per heavy atom.